The number of rotatable bonds is 5. The van der Waals surface area contributed by atoms with Crippen LogP contribution in [-0.2, 0) is 4.79 Å². The summed E-state index contributed by atoms with van der Waals surface area (Å²) in [6.07, 6.45) is 5.10. The largest absolute Gasteiger partial charge is 0.492 e. The number of halogens is 2. The van der Waals surface area contributed by atoms with Gasteiger partial charge in [0.2, 0.25) is 5.91 Å². The molecular weight excluding hydrogens is 402 g/mol. The average molecular weight is 424 g/mol. The molecule has 1 fully saturated rings. The van der Waals surface area contributed by atoms with Crippen molar-refractivity contribution in [3.05, 3.63) is 59.6 Å². The minimum atomic E-state index is -1.04. The fourth-order valence-electron chi connectivity index (χ4n) is 4.41. The van der Waals surface area contributed by atoms with Crippen molar-refractivity contribution in [1.29, 1.82) is 0 Å². The third-order valence-electron chi connectivity index (χ3n) is 5.98. The molecule has 3 aromatic rings. The quantitative estimate of drug-likeness (QED) is 0.674. The van der Waals surface area contributed by atoms with Gasteiger partial charge in [-0.25, -0.2) is 18.7 Å². The first kappa shape index (κ1) is 19.8. The molecule has 0 spiro atoms. The molecule has 1 N–H and O–H groups in total. The van der Waals surface area contributed by atoms with Crippen LogP contribution in [0.25, 0.3) is 10.9 Å². The van der Waals surface area contributed by atoms with Crippen LogP contribution in [0.3, 0.4) is 0 Å². The second-order valence-electron chi connectivity index (χ2n) is 7.93. The Hall–Kier alpha value is -3.13. The number of hydrogen-bond acceptors (Lipinski definition) is 5. The van der Waals surface area contributed by atoms with E-state index in [1.807, 2.05) is 0 Å². The number of ether oxygens (including phenoxy) is 1. The molecule has 6 nitrogen and oxygen atoms in total. The van der Waals surface area contributed by atoms with Crippen LogP contribution in [0, 0.1) is 11.6 Å². The molecule has 2 aromatic carbocycles. The number of piperidine rings is 1. The molecule has 2 aliphatic heterocycles. The van der Waals surface area contributed by atoms with Crippen LogP contribution >= 0.6 is 0 Å². The summed E-state index contributed by atoms with van der Waals surface area (Å²) in [7, 11) is 0. The summed E-state index contributed by atoms with van der Waals surface area (Å²) in [6, 6.07) is 7.71. The summed E-state index contributed by atoms with van der Waals surface area (Å²) >= 11 is 0. The smallest absolute Gasteiger partial charge is 0.238 e. The first-order chi connectivity index (χ1) is 15.1. The summed E-state index contributed by atoms with van der Waals surface area (Å²) in [5, 5.41) is 3.21. The molecular formula is C23H22F2N4O2. The monoisotopic (exact) mass is 424 g/mol. The van der Waals surface area contributed by atoms with Gasteiger partial charge in [0.15, 0.2) is 11.6 Å². The number of nitrogens with zero attached hydrogens (tertiary/aromatic N) is 3. The third kappa shape index (κ3) is 3.72. The predicted octanol–water partition coefficient (Wildman–Crippen LogP) is 3.86. The molecule has 1 amide bonds. The molecule has 2 aliphatic rings. The van der Waals surface area contributed by atoms with Crippen LogP contribution in [0.5, 0.6) is 5.75 Å². The number of amides is 1. The van der Waals surface area contributed by atoms with Gasteiger partial charge in [-0.2, -0.15) is 0 Å². The van der Waals surface area contributed by atoms with E-state index in [9.17, 15) is 13.6 Å². The zero-order valence-corrected chi connectivity index (χ0v) is 16.9. The van der Waals surface area contributed by atoms with Gasteiger partial charge >= 0.3 is 0 Å². The number of fused-ring (bicyclic) bond motifs is 2. The van der Waals surface area contributed by atoms with E-state index in [-0.39, 0.29) is 11.3 Å². The SMILES string of the molecule is O=C1Nc2ccc(F)c(F)c2C1c1ncnc2cc(OCCN3CCCCC3)ccc12. The molecule has 1 saturated heterocycles. The van der Waals surface area contributed by atoms with Crippen molar-refractivity contribution in [3.63, 3.8) is 0 Å². The minimum absolute atomic E-state index is 0.0214. The standard InChI is InChI=1S/C23H22F2N4O2/c24-16-6-7-17-19(21(16)25)20(23(30)28-17)22-15-5-4-14(12-18(15)26-13-27-22)31-11-10-29-8-2-1-3-9-29/h4-7,12-13,20H,1-3,8-11H2,(H,28,30). The van der Waals surface area contributed by atoms with Gasteiger partial charge in [0.25, 0.3) is 0 Å². The molecule has 5 rings (SSSR count). The number of hydrogen-bond donors (Lipinski definition) is 1. The Kier molecular flexibility index (Phi) is 5.23. The van der Waals surface area contributed by atoms with Crippen molar-refractivity contribution in [3.8, 4) is 5.75 Å². The van der Waals surface area contributed by atoms with Crippen LogP contribution in [0.15, 0.2) is 36.7 Å². The second kappa shape index (κ2) is 8.19. The highest BCUT2D eigenvalue weighted by Crippen LogP contribution is 2.41. The zero-order chi connectivity index (χ0) is 21.4. The highest BCUT2D eigenvalue weighted by Gasteiger charge is 2.38. The van der Waals surface area contributed by atoms with Gasteiger partial charge in [-0.15, -0.1) is 0 Å². The normalized spacial score (nSPS) is 18.8. The topological polar surface area (TPSA) is 67.3 Å². The van der Waals surface area contributed by atoms with E-state index in [0.29, 0.717) is 29.0 Å². The molecule has 0 radical (unpaired) electrons. The van der Waals surface area contributed by atoms with Gasteiger partial charge in [0, 0.05) is 29.2 Å². The Morgan fingerprint density at radius 3 is 2.77 bits per heavy atom. The first-order valence-electron chi connectivity index (χ1n) is 10.5. The zero-order valence-electron chi connectivity index (χ0n) is 16.9. The van der Waals surface area contributed by atoms with Crippen LogP contribution in [-0.4, -0.2) is 47.0 Å². The van der Waals surface area contributed by atoms with E-state index in [2.05, 4.69) is 20.2 Å². The van der Waals surface area contributed by atoms with Crippen LogP contribution in [0.4, 0.5) is 14.5 Å². The molecule has 31 heavy (non-hydrogen) atoms. The molecule has 1 aromatic heterocycles. The Morgan fingerprint density at radius 1 is 1.10 bits per heavy atom. The summed E-state index contributed by atoms with van der Waals surface area (Å²) < 4.78 is 34.3. The maximum absolute atomic E-state index is 14.5. The van der Waals surface area contributed by atoms with Crippen molar-refractivity contribution in [2.24, 2.45) is 0 Å². The fraction of sp³-hybridized carbons (Fsp3) is 0.348. The predicted molar refractivity (Wildman–Crippen MR) is 112 cm³/mol. The number of likely N-dealkylation sites (tertiary alicyclic amines) is 1. The number of anilines is 1. The molecule has 1 unspecified atom stereocenters. The van der Waals surface area contributed by atoms with Gasteiger partial charge in [0.05, 0.1) is 11.2 Å². The summed E-state index contributed by atoms with van der Waals surface area (Å²) in [5.74, 6) is -2.85. The molecule has 3 heterocycles. The molecule has 160 valence electrons. The van der Waals surface area contributed by atoms with Crippen LogP contribution in [0.1, 0.15) is 36.4 Å². The number of benzene rings is 2. The van der Waals surface area contributed by atoms with Crippen molar-refractivity contribution >= 4 is 22.5 Å². The number of carbonyl (C=O) groups is 1. The molecule has 0 aliphatic carbocycles. The van der Waals surface area contributed by atoms with E-state index in [4.69, 9.17) is 4.74 Å². The van der Waals surface area contributed by atoms with Gasteiger partial charge < -0.3 is 10.1 Å². The van der Waals surface area contributed by atoms with Gasteiger partial charge in [-0.05, 0) is 50.2 Å². The second-order valence-corrected chi connectivity index (χ2v) is 7.93. The summed E-state index contributed by atoms with van der Waals surface area (Å²) in [5.41, 5.74) is 1.16. The Morgan fingerprint density at radius 2 is 1.94 bits per heavy atom. The number of aromatic nitrogens is 2. The summed E-state index contributed by atoms with van der Waals surface area (Å²) in [4.78, 5) is 23.6. The highest BCUT2D eigenvalue weighted by molar-refractivity contribution is 6.06. The molecule has 0 bridgehead atoms. The maximum atomic E-state index is 14.5. The van der Waals surface area contributed by atoms with E-state index in [0.717, 1.165) is 25.7 Å². The van der Waals surface area contributed by atoms with Gasteiger partial charge in [-0.1, -0.05) is 6.42 Å². The number of nitrogens with one attached hydrogen (secondary N) is 1. The van der Waals surface area contributed by atoms with Crippen LogP contribution < -0.4 is 10.1 Å². The Labute approximate surface area is 178 Å². The van der Waals surface area contributed by atoms with E-state index >= 15 is 0 Å². The Balaban J connectivity index is 1.41. The lowest BCUT2D eigenvalue weighted by atomic mass is 9.93. The maximum Gasteiger partial charge on any atom is 0.238 e. The lowest BCUT2D eigenvalue weighted by Gasteiger charge is -2.26. The lowest BCUT2D eigenvalue weighted by molar-refractivity contribution is -0.116. The van der Waals surface area contributed by atoms with E-state index < -0.39 is 23.5 Å². The van der Waals surface area contributed by atoms with Crippen molar-refractivity contribution < 1.29 is 18.3 Å². The third-order valence-corrected chi connectivity index (χ3v) is 5.98. The van der Waals surface area contributed by atoms with Crippen molar-refractivity contribution in [2.45, 2.75) is 25.2 Å². The van der Waals surface area contributed by atoms with Crippen molar-refractivity contribution in [2.75, 3.05) is 31.6 Å². The fourth-order valence-corrected chi connectivity index (χ4v) is 4.41. The van der Waals surface area contributed by atoms with Crippen molar-refractivity contribution in [1.82, 2.24) is 14.9 Å². The first-order valence-corrected chi connectivity index (χ1v) is 10.5. The summed E-state index contributed by atoms with van der Waals surface area (Å²) in [6.45, 7) is 3.67. The molecule has 1 atom stereocenters. The highest BCUT2D eigenvalue weighted by atomic mass is 19.2. The lowest BCUT2D eigenvalue weighted by Crippen LogP contribution is -2.33. The van der Waals surface area contributed by atoms with E-state index in [1.54, 1.807) is 18.2 Å². The minimum Gasteiger partial charge on any atom is -0.492 e. The van der Waals surface area contributed by atoms with Gasteiger partial charge in [-0.3, -0.25) is 9.69 Å². The Bertz CT molecular complexity index is 1150. The molecule has 0 saturated carbocycles. The average Bonchev–Trinajstić information content (AvgIpc) is 3.13. The van der Waals surface area contributed by atoms with E-state index in [1.165, 1.54) is 31.7 Å². The van der Waals surface area contributed by atoms with Crippen LogP contribution in [0.2, 0.25) is 0 Å². The molecule has 8 heteroatoms. The van der Waals surface area contributed by atoms with Gasteiger partial charge in [0.1, 0.15) is 24.6 Å². The number of carbonyl (C=O) groups excluding carboxylic acids is 1.